The zero-order chi connectivity index (χ0) is 11.3. The number of benzene rings is 1. The van der Waals surface area contributed by atoms with Gasteiger partial charge in [-0.1, -0.05) is 11.6 Å². The number of halogens is 1. The van der Waals surface area contributed by atoms with Crippen molar-refractivity contribution in [3.05, 3.63) is 28.3 Å². The smallest absolute Gasteiger partial charge is 0.123 e. The Balaban J connectivity index is 2.60. The molecular weight excluding hydrogens is 214 g/mol. The lowest BCUT2D eigenvalue weighted by Crippen LogP contribution is -2.15. The third-order valence-corrected chi connectivity index (χ3v) is 2.39. The molecule has 1 aromatic rings. The van der Waals surface area contributed by atoms with Gasteiger partial charge in [-0.25, -0.2) is 0 Å². The number of phenols is 1. The summed E-state index contributed by atoms with van der Waals surface area (Å²) in [5.41, 5.74) is 1.57. The van der Waals surface area contributed by atoms with E-state index in [2.05, 4.69) is 5.32 Å². The number of rotatable bonds is 5. The Labute approximate surface area is 94.7 Å². The number of aliphatic hydroxyl groups excluding tert-OH is 1. The topological polar surface area (TPSA) is 52.5 Å². The molecule has 0 aliphatic carbocycles. The first-order valence-corrected chi connectivity index (χ1v) is 5.32. The number of aromatic hydroxyl groups is 1. The van der Waals surface area contributed by atoms with Gasteiger partial charge in [0.15, 0.2) is 0 Å². The van der Waals surface area contributed by atoms with Crippen molar-refractivity contribution in [2.24, 2.45) is 0 Å². The monoisotopic (exact) mass is 229 g/mol. The molecule has 84 valence electrons. The summed E-state index contributed by atoms with van der Waals surface area (Å²) in [4.78, 5) is 0. The van der Waals surface area contributed by atoms with Gasteiger partial charge in [0.05, 0.1) is 0 Å². The first-order valence-electron chi connectivity index (χ1n) is 4.94. The lowest BCUT2D eigenvalue weighted by molar-refractivity contribution is 0.286. The Kier molecular flexibility index (Phi) is 4.88. The second kappa shape index (κ2) is 5.95. The Morgan fingerprint density at radius 3 is 2.80 bits per heavy atom. The zero-order valence-corrected chi connectivity index (χ0v) is 9.51. The van der Waals surface area contributed by atoms with E-state index >= 15 is 0 Å². The summed E-state index contributed by atoms with van der Waals surface area (Å²) < 4.78 is 0. The molecule has 0 fully saturated rings. The van der Waals surface area contributed by atoms with Gasteiger partial charge in [-0.2, -0.15) is 0 Å². The maximum atomic E-state index is 9.73. The Morgan fingerprint density at radius 1 is 1.40 bits per heavy atom. The fraction of sp³-hybridized carbons (Fsp3) is 0.455. The summed E-state index contributed by atoms with van der Waals surface area (Å²) >= 11 is 5.88. The second-order valence-corrected chi connectivity index (χ2v) is 3.92. The second-order valence-electron chi connectivity index (χ2n) is 3.48. The van der Waals surface area contributed by atoms with Crippen molar-refractivity contribution in [3.8, 4) is 5.75 Å². The number of aliphatic hydroxyl groups is 1. The minimum absolute atomic E-state index is 0.174. The van der Waals surface area contributed by atoms with Crippen LogP contribution in [-0.4, -0.2) is 23.4 Å². The van der Waals surface area contributed by atoms with E-state index in [0.29, 0.717) is 18.0 Å². The van der Waals surface area contributed by atoms with E-state index in [1.54, 1.807) is 12.1 Å². The first-order chi connectivity index (χ1) is 7.15. The molecule has 0 unspecified atom stereocenters. The largest absolute Gasteiger partial charge is 0.507 e. The molecule has 0 atom stereocenters. The van der Waals surface area contributed by atoms with Crippen molar-refractivity contribution in [2.45, 2.75) is 19.9 Å². The number of nitrogens with one attached hydrogen (secondary N) is 1. The van der Waals surface area contributed by atoms with E-state index in [0.717, 1.165) is 17.7 Å². The Bertz CT molecular complexity index is 329. The Morgan fingerprint density at radius 2 is 2.13 bits per heavy atom. The van der Waals surface area contributed by atoms with E-state index in [1.165, 1.54) is 0 Å². The highest BCUT2D eigenvalue weighted by atomic mass is 35.5. The average Bonchev–Trinajstić information content (AvgIpc) is 2.19. The van der Waals surface area contributed by atoms with E-state index in [1.807, 2.05) is 6.92 Å². The normalized spacial score (nSPS) is 10.6. The fourth-order valence-electron chi connectivity index (χ4n) is 1.37. The molecule has 3 nitrogen and oxygen atoms in total. The van der Waals surface area contributed by atoms with Crippen molar-refractivity contribution >= 4 is 11.6 Å². The molecule has 4 heteroatoms. The highest BCUT2D eigenvalue weighted by molar-refractivity contribution is 6.30. The van der Waals surface area contributed by atoms with Crippen molar-refractivity contribution in [2.75, 3.05) is 13.2 Å². The highest BCUT2D eigenvalue weighted by Crippen LogP contribution is 2.26. The molecule has 1 rings (SSSR count). The van der Waals surface area contributed by atoms with Crippen LogP contribution in [0.2, 0.25) is 5.02 Å². The summed E-state index contributed by atoms with van der Waals surface area (Å²) in [5, 5.41) is 22.1. The van der Waals surface area contributed by atoms with E-state index in [9.17, 15) is 5.11 Å². The van der Waals surface area contributed by atoms with Crippen LogP contribution in [0, 0.1) is 6.92 Å². The fourth-order valence-corrected chi connectivity index (χ4v) is 1.66. The number of hydrogen-bond acceptors (Lipinski definition) is 3. The van der Waals surface area contributed by atoms with Crippen LogP contribution in [0.15, 0.2) is 12.1 Å². The third-order valence-electron chi connectivity index (χ3n) is 2.17. The number of hydrogen-bond donors (Lipinski definition) is 3. The van der Waals surface area contributed by atoms with Crippen molar-refractivity contribution in [1.29, 1.82) is 0 Å². The minimum Gasteiger partial charge on any atom is -0.507 e. The molecular formula is C11H16ClNO2. The minimum atomic E-state index is 0.174. The quantitative estimate of drug-likeness (QED) is 0.676. The van der Waals surface area contributed by atoms with Gasteiger partial charge in [0.2, 0.25) is 0 Å². The van der Waals surface area contributed by atoms with E-state index in [4.69, 9.17) is 16.7 Å². The molecule has 0 aliphatic heterocycles. The molecule has 15 heavy (non-hydrogen) atoms. The number of aryl methyl sites for hydroxylation is 1. The van der Waals surface area contributed by atoms with Crippen LogP contribution in [0.5, 0.6) is 5.75 Å². The van der Waals surface area contributed by atoms with E-state index < -0.39 is 0 Å². The maximum absolute atomic E-state index is 9.73. The standard InChI is InChI=1S/C11H16ClNO2/c1-8-5-10(12)6-9(11(8)15)7-13-3-2-4-14/h5-6,13-15H,2-4,7H2,1H3. The van der Waals surface area contributed by atoms with Crippen LogP contribution in [0.3, 0.4) is 0 Å². The molecule has 0 aromatic heterocycles. The van der Waals surface area contributed by atoms with Gasteiger partial charge in [-0.3, -0.25) is 0 Å². The summed E-state index contributed by atoms with van der Waals surface area (Å²) in [7, 11) is 0. The summed E-state index contributed by atoms with van der Waals surface area (Å²) in [5.74, 6) is 0.288. The summed E-state index contributed by atoms with van der Waals surface area (Å²) in [6, 6.07) is 3.48. The molecule has 0 heterocycles. The van der Waals surface area contributed by atoms with E-state index in [-0.39, 0.29) is 12.4 Å². The first kappa shape index (κ1) is 12.3. The molecule has 0 saturated carbocycles. The Hall–Kier alpha value is -0.770. The lowest BCUT2D eigenvalue weighted by Gasteiger charge is -2.09. The lowest BCUT2D eigenvalue weighted by atomic mass is 10.1. The molecule has 3 N–H and O–H groups in total. The van der Waals surface area contributed by atoms with Gasteiger partial charge in [-0.05, 0) is 37.6 Å². The molecule has 0 saturated heterocycles. The number of phenolic OH excluding ortho intramolecular Hbond substituents is 1. The third kappa shape index (κ3) is 3.70. The average molecular weight is 230 g/mol. The molecule has 0 amide bonds. The van der Waals surface area contributed by atoms with Crippen LogP contribution in [0.1, 0.15) is 17.5 Å². The predicted molar refractivity (Wildman–Crippen MR) is 61.3 cm³/mol. The summed E-state index contributed by atoms with van der Waals surface area (Å²) in [6.07, 6.45) is 0.709. The zero-order valence-electron chi connectivity index (χ0n) is 8.76. The molecule has 0 spiro atoms. The molecule has 0 aliphatic rings. The van der Waals surface area contributed by atoms with Gasteiger partial charge in [0, 0.05) is 23.7 Å². The highest BCUT2D eigenvalue weighted by Gasteiger charge is 2.05. The van der Waals surface area contributed by atoms with Crippen LogP contribution in [0.25, 0.3) is 0 Å². The van der Waals surface area contributed by atoms with Gasteiger partial charge in [0.25, 0.3) is 0 Å². The SMILES string of the molecule is Cc1cc(Cl)cc(CNCCCO)c1O. The van der Waals surface area contributed by atoms with Gasteiger partial charge >= 0.3 is 0 Å². The maximum Gasteiger partial charge on any atom is 0.123 e. The van der Waals surface area contributed by atoms with Gasteiger partial charge in [-0.15, -0.1) is 0 Å². The van der Waals surface area contributed by atoms with Crippen molar-refractivity contribution in [1.82, 2.24) is 5.32 Å². The van der Waals surface area contributed by atoms with Crippen LogP contribution >= 0.6 is 11.6 Å². The molecule has 0 radical (unpaired) electrons. The molecule has 0 bridgehead atoms. The van der Waals surface area contributed by atoms with Gasteiger partial charge in [0.1, 0.15) is 5.75 Å². The predicted octanol–water partition coefficient (Wildman–Crippen LogP) is 1.83. The van der Waals surface area contributed by atoms with Crippen molar-refractivity contribution in [3.63, 3.8) is 0 Å². The van der Waals surface area contributed by atoms with Crippen molar-refractivity contribution < 1.29 is 10.2 Å². The van der Waals surface area contributed by atoms with Crippen LogP contribution < -0.4 is 5.32 Å². The van der Waals surface area contributed by atoms with Crippen LogP contribution in [0.4, 0.5) is 0 Å². The van der Waals surface area contributed by atoms with Gasteiger partial charge < -0.3 is 15.5 Å². The van der Waals surface area contributed by atoms with Crippen LogP contribution in [-0.2, 0) is 6.54 Å². The summed E-state index contributed by atoms with van der Waals surface area (Å²) in [6.45, 7) is 3.28. The molecule has 1 aromatic carbocycles.